The lowest BCUT2D eigenvalue weighted by molar-refractivity contribution is -0.143. The summed E-state index contributed by atoms with van der Waals surface area (Å²) in [6.45, 7) is 2.83. The third-order valence-corrected chi connectivity index (χ3v) is 5.41. The molecule has 0 saturated carbocycles. The maximum atomic E-state index is 11.7. The third kappa shape index (κ3) is 12.2. The van der Waals surface area contributed by atoms with Gasteiger partial charge in [0.2, 0.25) is 0 Å². The van der Waals surface area contributed by atoms with E-state index in [0.717, 1.165) is 22.8 Å². The van der Waals surface area contributed by atoms with Crippen LogP contribution in [0.15, 0.2) is 29.2 Å². The number of benzene rings is 1. The van der Waals surface area contributed by atoms with Crippen LogP contribution in [0.25, 0.3) is 0 Å². The Morgan fingerprint density at radius 1 is 0.885 bits per heavy atom. The number of hydrogen-bond acceptors (Lipinski definition) is 4. The normalized spacial score (nSPS) is 10.7. The molecule has 0 spiro atoms. The molecule has 1 rings (SSSR count). The molecule has 0 amide bonds. The van der Waals surface area contributed by atoms with Gasteiger partial charge in [0.25, 0.3) is 0 Å². The number of hydrogen-bond donors (Lipinski definition) is 0. The number of ether oxygens (including phenoxy) is 2. The van der Waals surface area contributed by atoms with Gasteiger partial charge in [-0.1, -0.05) is 64.7 Å². The van der Waals surface area contributed by atoms with Crippen LogP contribution < -0.4 is 4.74 Å². The van der Waals surface area contributed by atoms with E-state index in [4.69, 9.17) is 9.47 Å². The van der Waals surface area contributed by atoms with Crippen LogP contribution >= 0.6 is 11.8 Å². The van der Waals surface area contributed by atoms with Crippen LogP contribution in [0.1, 0.15) is 77.6 Å². The molecule has 1 aromatic rings. The molecule has 0 saturated heterocycles. The second-order valence-electron chi connectivity index (χ2n) is 6.68. The van der Waals surface area contributed by atoms with E-state index in [2.05, 4.69) is 6.92 Å². The molecule has 0 atom stereocenters. The minimum Gasteiger partial charge on any atom is -0.497 e. The zero-order valence-corrected chi connectivity index (χ0v) is 17.5. The summed E-state index contributed by atoms with van der Waals surface area (Å²) in [5.41, 5.74) is 0. The molecular weight excluding hydrogens is 344 g/mol. The fourth-order valence-electron chi connectivity index (χ4n) is 2.77. The molecule has 4 heteroatoms. The fourth-order valence-corrected chi connectivity index (χ4v) is 3.60. The van der Waals surface area contributed by atoms with Crippen molar-refractivity contribution in [2.45, 2.75) is 82.4 Å². The molecule has 0 bridgehead atoms. The Morgan fingerprint density at radius 3 is 2.04 bits per heavy atom. The van der Waals surface area contributed by atoms with Gasteiger partial charge in [0.05, 0.1) is 20.1 Å². The smallest absolute Gasteiger partial charge is 0.306 e. The van der Waals surface area contributed by atoms with Crippen molar-refractivity contribution in [3.05, 3.63) is 24.3 Å². The molecule has 0 radical (unpaired) electrons. The molecule has 0 fully saturated rings. The van der Waals surface area contributed by atoms with E-state index in [1.807, 2.05) is 24.3 Å². The average Bonchev–Trinajstić information content (AvgIpc) is 2.66. The Labute approximate surface area is 164 Å². The zero-order valence-electron chi connectivity index (χ0n) is 16.6. The van der Waals surface area contributed by atoms with Gasteiger partial charge in [-0.2, -0.15) is 0 Å². The van der Waals surface area contributed by atoms with Crippen molar-refractivity contribution in [3.63, 3.8) is 0 Å². The first-order valence-corrected chi connectivity index (χ1v) is 11.2. The molecule has 148 valence electrons. The molecule has 26 heavy (non-hydrogen) atoms. The van der Waals surface area contributed by atoms with Gasteiger partial charge >= 0.3 is 5.97 Å². The van der Waals surface area contributed by atoms with E-state index >= 15 is 0 Å². The first kappa shape index (κ1) is 22.9. The van der Waals surface area contributed by atoms with Gasteiger partial charge in [0, 0.05) is 10.6 Å². The highest BCUT2D eigenvalue weighted by Crippen LogP contribution is 2.22. The summed E-state index contributed by atoms with van der Waals surface area (Å²) < 4.78 is 10.5. The highest BCUT2D eigenvalue weighted by Gasteiger charge is 2.04. The minimum atomic E-state index is -0.0815. The Morgan fingerprint density at radius 2 is 1.46 bits per heavy atom. The monoisotopic (exact) mass is 380 g/mol. The quantitative estimate of drug-likeness (QED) is 0.183. The van der Waals surface area contributed by atoms with Crippen LogP contribution in [-0.2, 0) is 9.53 Å². The Bertz CT molecular complexity index is 459. The maximum Gasteiger partial charge on any atom is 0.306 e. The lowest BCUT2D eigenvalue weighted by Gasteiger charge is -2.06. The molecule has 0 unspecified atom stereocenters. The summed E-state index contributed by atoms with van der Waals surface area (Å²) >= 11 is 1.67. The number of unbranched alkanes of at least 4 members (excludes halogenated alkanes) is 9. The highest BCUT2D eigenvalue weighted by atomic mass is 32.2. The van der Waals surface area contributed by atoms with Crippen molar-refractivity contribution in [1.82, 2.24) is 0 Å². The van der Waals surface area contributed by atoms with Crippen molar-refractivity contribution < 1.29 is 14.3 Å². The van der Waals surface area contributed by atoms with Gasteiger partial charge in [-0.05, 0) is 30.7 Å². The number of esters is 1. The SMILES string of the molecule is CCCCCCCCCCCCOC(=O)CCSc1ccc(OC)cc1. The van der Waals surface area contributed by atoms with Crippen LogP contribution in [0.2, 0.25) is 0 Å². The summed E-state index contributed by atoms with van der Waals surface area (Å²) in [5.74, 6) is 1.52. The molecule has 0 aliphatic rings. The number of rotatable bonds is 16. The summed E-state index contributed by atoms with van der Waals surface area (Å²) in [7, 11) is 1.66. The van der Waals surface area contributed by atoms with Crippen LogP contribution in [0.3, 0.4) is 0 Å². The van der Waals surface area contributed by atoms with E-state index in [9.17, 15) is 4.79 Å². The second kappa shape index (κ2) is 16.0. The first-order chi connectivity index (χ1) is 12.8. The van der Waals surface area contributed by atoms with Crippen LogP contribution in [0.5, 0.6) is 5.75 Å². The number of methoxy groups -OCH3 is 1. The van der Waals surface area contributed by atoms with Crippen LogP contribution in [-0.4, -0.2) is 25.4 Å². The number of carbonyl (C=O) groups excluding carboxylic acids is 1. The summed E-state index contributed by atoms with van der Waals surface area (Å²) in [5, 5.41) is 0. The Hall–Kier alpha value is -1.16. The molecule has 0 aromatic heterocycles. The van der Waals surface area contributed by atoms with E-state index < -0.39 is 0 Å². The summed E-state index contributed by atoms with van der Waals surface area (Å²) in [6, 6.07) is 7.90. The van der Waals surface area contributed by atoms with Crippen molar-refractivity contribution >= 4 is 17.7 Å². The average molecular weight is 381 g/mol. The predicted molar refractivity (Wildman–Crippen MR) is 111 cm³/mol. The van der Waals surface area contributed by atoms with Gasteiger partial charge in [-0.25, -0.2) is 0 Å². The number of carbonyl (C=O) groups is 1. The van der Waals surface area contributed by atoms with Gasteiger partial charge in [0.1, 0.15) is 5.75 Å². The van der Waals surface area contributed by atoms with Crippen molar-refractivity contribution in [1.29, 1.82) is 0 Å². The Balaban J connectivity index is 1.89. The highest BCUT2D eigenvalue weighted by molar-refractivity contribution is 7.99. The zero-order chi connectivity index (χ0) is 18.9. The Kier molecular flexibility index (Phi) is 14.1. The van der Waals surface area contributed by atoms with Crippen LogP contribution in [0.4, 0.5) is 0 Å². The fraction of sp³-hybridized carbons (Fsp3) is 0.682. The van der Waals surface area contributed by atoms with Crippen LogP contribution in [0, 0.1) is 0 Å². The number of thioether (sulfide) groups is 1. The third-order valence-electron chi connectivity index (χ3n) is 4.40. The van der Waals surface area contributed by atoms with E-state index in [1.54, 1.807) is 18.9 Å². The topological polar surface area (TPSA) is 35.5 Å². The second-order valence-corrected chi connectivity index (χ2v) is 7.84. The van der Waals surface area contributed by atoms with Gasteiger partial charge in [-0.3, -0.25) is 4.79 Å². The standard InChI is InChI=1S/C22H36O3S/c1-3-4-5-6-7-8-9-10-11-12-18-25-22(23)17-19-26-21-15-13-20(24-2)14-16-21/h13-16H,3-12,17-19H2,1-2H3. The van der Waals surface area contributed by atoms with Gasteiger partial charge in [-0.15, -0.1) is 11.8 Å². The maximum absolute atomic E-state index is 11.7. The molecule has 3 nitrogen and oxygen atoms in total. The van der Waals surface area contributed by atoms with E-state index in [-0.39, 0.29) is 5.97 Å². The molecule has 1 aromatic carbocycles. The largest absolute Gasteiger partial charge is 0.497 e. The van der Waals surface area contributed by atoms with Crippen molar-refractivity contribution in [2.75, 3.05) is 19.5 Å². The summed E-state index contributed by atoms with van der Waals surface area (Å²) in [6.07, 6.45) is 13.4. The lowest BCUT2D eigenvalue weighted by Crippen LogP contribution is -2.06. The molecule has 0 aliphatic carbocycles. The summed E-state index contributed by atoms with van der Waals surface area (Å²) in [4.78, 5) is 12.9. The van der Waals surface area contributed by atoms with Gasteiger partial charge in [0.15, 0.2) is 0 Å². The molecule has 0 aliphatic heterocycles. The predicted octanol–water partition coefficient (Wildman–Crippen LogP) is 6.64. The first-order valence-electron chi connectivity index (χ1n) is 10.2. The lowest BCUT2D eigenvalue weighted by atomic mass is 10.1. The van der Waals surface area contributed by atoms with E-state index in [0.29, 0.717) is 13.0 Å². The van der Waals surface area contributed by atoms with Crippen molar-refractivity contribution in [2.24, 2.45) is 0 Å². The van der Waals surface area contributed by atoms with E-state index in [1.165, 1.54) is 57.8 Å². The molecule has 0 heterocycles. The molecule has 0 N–H and O–H groups in total. The van der Waals surface area contributed by atoms with Gasteiger partial charge < -0.3 is 9.47 Å². The minimum absolute atomic E-state index is 0.0815. The molecular formula is C22H36O3S. The van der Waals surface area contributed by atoms with Crippen molar-refractivity contribution in [3.8, 4) is 5.75 Å².